The Morgan fingerprint density at radius 3 is 2.55 bits per heavy atom. The highest BCUT2D eigenvalue weighted by Gasteiger charge is 2.21. The Hall–Kier alpha value is -0.620. The van der Waals surface area contributed by atoms with E-state index >= 15 is 0 Å². The molecule has 0 aliphatic heterocycles. The summed E-state index contributed by atoms with van der Waals surface area (Å²) in [6.07, 6.45) is 1.74. The lowest BCUT2D eigenvalue weighted by atomic mass is 10.1. The Morgan fingerprint density at radius 2 is 2.00 bits per heavy atom. The summed E-state index contributed by atoms with van der Waals surface area (Å²) in [7, 11) is -1.72. The molecular formula is C14H23ClN2O2S. The SMILES string of the molecule is CCCC(C)NS(=O)(=O)c1cc(Cl)cc(CNC)c1C. The van der Waals surface area contributed by atoms with Crippen molar-refractivity contribution >= 4 is 21.6 Å². The number of hydrogen-bond donors (Lipinski definition) is 2. The number of nitrogens with one attached hydrogen (secondary N) is 2. The van der Waals surface area contributed by atoms with E-state index in [1.54, 1.807) is 6.07 Å². The number of benzene rings is 1. The van der Waals surface area contributed by atoms with Gasteiger partial charge in [-0.1, -0.05) is 24.9 Å². The number of sulfonamides is 1. The van der Waals surface area contributed by atoms with Gasteiger partial charge >= 0.3 is 0 Å². The molecule has 0 spiro atoms. The van der Waals surface area contributed by atoms with Crippen LogP contribution in [-0.2, 0) is 16.6 Å². The van der Waals surface area contributed by atoms with Crippen LogP contribution >= 0.6 is 11.6 Å². The van der Waals surface area contributed by atoms with Crippen LogP contribution in [0.3, 0.4) is 0 Å². The first-order chi connectivity index (χ1) is 9.31. The highest BCUT2D eigenvalue weighted by molar-refractivity contribution is 7.89. The van der Waals surface area contributed by atoms with Crippen molar-refractivity contribution in [2.75, 3.05) is 7.05 Å². The Kier molecular flexibility index (Phi) is 6.45. The Labute approximate surface area is 127 Å². The molecule has 0 aliphatic carbocycles. The fourth-order valence-electron chi connectivity index (χ4n) is 2.18. The highest BCUT2D eigenvalue weighted by atomic mass is 35.5. The normalized spacial score (nSPS) is 13.4. The zero-order chi connectivity index (χ0) is 15.3. The molecule has 1 aromatic carbocycles. The molecule has 1 unspecified atom stereocenters. The monoisotopic (exact) mass is 318 g/mol. The molecule has 0 heterocycles. The van der Waals surface area contributed by atoms with Crippen LogP contribution in [0, 0.1) is 6.92 Å². The summed E-state index contributed by atoms with van der Waals surface area (Å²) in [5.74, 6) is 0. The van der Waals surface area contributed by atoms with Crippen LogP contribution in [0.4, 0.5) is 0 Å². The van der Waals surface area contributed by atoms with Crippen molar-refractivity contribution in [3.05, 3.63) is 28.3 Å². The van der Waals surface area contributed by atoms with Gasteiger partial charge in [-0.3, -0.25) is 0 Å². The van der Waals surface area contributed by atoms with Crippen molar-refractivity contribution in [3.8, 4) is 0 Å². The maximum atomic E-state index is 12.5. The highest BCUT2D eigenvalue weighted by Crippen LogP contribution is 2.24. The molecule has 1 rings (SSSR count). The predicted molar refractivity (Wildman–Crippen MR) is 83.6 cm³/mol. The first kappa shape index (κ1) is 17.4. The van der Waals surface area contributed by atoms with Crippen molar-refractivity contribution in [1.82, 2.24) is 10.0 Å². The average Bonchev–Trinajstić information content (AvgIpc) is 2.33. The maximum absolute atomic E-state index is 12.5. The van der Waals surface area contributed by atoms with E-state index in [0.29, 0.717) is 11.6 Å². The lowest BCUT2D eigenvalue weighted by Crippen LogP contribution is -2.33. The molecule has 0 saturated carbocycles. The van der Waals surface area contributed by atoms with E-state index in [9.17, 15) is 8.42 Å². The Balaban J connectivity index is 3.17. The van der Waals surface area contributed by atoms with Crippen molar-refractivity contribution < 1.29 is 8.42 Å². The topological polar surface area (TPSA) is 58.2 Å². The summed E-state index contributed by atoms with van der Waals surface area (Å²) in [5.41, 5.74) is 1.63. The lowest BCUT2D eigenvalue weighted by Gasteiger charge is -2.17. The van der Waals surface area contributed by atoms with Gasteiger partial charge in [0.25, 0.3) is 0 Å². The van der Waals surface area contributed by atoms with Gasteiger partial charge in [0.1, 0.15) is 0 Å². The summed E-state index contributed by atoms with van der Waals surface area (Å²) in [6.45, 7) is 6.29. The third kappa shape index (κ3) is 4.45. The maximum Gasteiger partial charge on any atom is 0.241 e. The number of rotatable bonds is 7. The zero-order valence-corrected chi connectivity index (χ0v) is 14.0. The minimum absolute atomic E-state index is 0.0869. The van der Waals surface area contributed by atoms with Crippen LogP contribution in [0.25, 0.3) is 0 Å². The number of hydrogen-bond acceptors (Lipinski definition) is 3. The van der Waals surface area contributed by atoms with Gasteiger partial charge in [-0.15, -0.1) is 0 Å². The molecule has 0 aromatic heterocycles. The summed E-state index contributed by atoms with van der Waals surface area (Å²) >= 11 is 6.04. The van der Waals surface area contributed by atoms with Crippen LogP contribution in [0.15, 0.2) is 17.0 Å². The molecule has 1 atom stereocenters. The molecular weight excluding hydrogens is 296 g/mol. The molecule has 0 radical (unpaired) electrons. The molecule has 0 bridgehead atoms. The second kappa shape index (κ2) is 7.41. The molecule has 2 N–H and O–H groups in total. The molecule has 20 heavy (non-hydrogen) atoms. The van der Waals surface area contributed by atoms with Crippen molar-refractivity contribution in [1.29, 1.82) is 0 Å². The molecule has 6 heteroatoms. The smallest absolute Gasteiger partial charge is 0.241 e. The summed E-state index contributed by atoms with van der Waals surface area (Å²) in [5, 5.41) is 3.45. The van der Waals surface area contributed by atoms with Crippen LogP contribution < -0.4 is 10.0 Å². The lowest BCUT2D eigenvalue weighted by molar-refractivity contribution is 0.543. The molecule has 0 aliphatic rings. The zero-order valence-electron chi connectivity index (χ0n) is 12.5. The molecule has 0 fully saturated rings. The van der Waals surface area contributed by atoms with Crippen molar-refractivity contribution in [2.45, 2.75) is 51.1 Å². The molecule has 0 amide bonds. The van der Waals surface area contributed by atoms with Gasteiger partial charge in [0, 0.05) is 17.6 Å². The van der Waals surface area contributed by atoms with Gasteiger partial charge in [-0.25, -0.2) is 13.1 Å². The quantitative estimate of drug-likeness (QED) is 0.812. The molecule has 1 aromatic rings. The van der Waals surface area contributed by atoms with Crippen molar-refractivity contribution in [2.24, 2.45) is 0 Å². The molecule has 0 saturated heterocycles. The van der Waals surface area contributed by atoms with Gasteiger partial charge in [0.15, 0.2) is 0 Å². The largest absolute Gasteiger partial charge is 0.316 e. The van der Waals surface area contributed by atoms with Crippen LogP contribution in [0.2, 0.25) is 5.02 Å². The van der Waals surface area contributed by atoms with Crippen LogP contribution in [0.1, 0.15) is 37.8 Å². The minimum Gasteiger partial charge on any atom is -0.316 e. The number of halogens is 1. The van der Waals surface area contributed by atoms with Gasteiger partial charge in [0.05, 0.1) is 4.90 Å². The van der Waals surface area contributed by atoms with E-state index in [2.05, 4.69) is 10.0 Å². The Bertz CT molecular complexity index is 559. The first-order valence-corrected chi connectivity index (χ1v) is 8.63. The minimum atomic E-state index is -3.54. The summed E-state index contributed by atoms with van der Waals surface area (Å²) in [4.78, 5) is 0.262. The third-order valence-electron chi connectivity index (χ3n) is 3.17. The first-order valence-electron chi connectivity index (χ1n) is 6.77. The van der Waals surface area contributed by atoms with E-state index in [1.165, 1.54) is 6.07 Å². The van der Waals surface area contributed by atoms with E-state index in [1.807, 2.05) is 27.8 Å². The molecule has 4 nitrogen and oxygen atoms in total. The second-order valence-corrected chi connectivity index (χ2v) is 7.15. The van der Waals surface area contributed by atoms with E-state index < -0.39 is 10.0 Å². The van der Waals surface area contributed by atoms with Gasteiger partial charge in [-0.2, -0.15) is 0 Å². The predicted octanol–water partition coefficient (Wildman–Crippen LogP) is 2.83. The van der Waals surface area contributed by atoms with E-state index in [4.69, 9.17) is 11.6 Å². The van der Waals surface area contributed by atoms with E-state index in [-0.39, 0.29) is 10.9 Å². The summed E-state index contributed by atoms with van der Waals surface area (Å²) < 4.78 is 27.6. The summed E-state index contributed by atoms with van der Waals surface area (Å²) in [6, 6.07) is 3.22. The van der Waals surface area contributed by atoms with Gasteiger partial charge in [0.2, 0.25) is 10.0 Å². The Morgan fingerprint density at radius 1 is 1.35 bits per heavy atom. The van der Waals surface area contributed by atoms with E-state index in [0.717, 1.165) is 24.0 Å². The second-order valence-electron chi connectivity index (χ2n) is 5.03. The van der Waals surface area contributed by atoms with Crippen molar-refractivity contribution in [3.63, 3.8) is 0 Å². The third-order valence-corrected chi connectivity index (χ3v) is 5.10. The fraction of sp³-hybridized carbons (Fsp3) is 0.571. The molecule has 114 valence electrons. The van der Waals surface area contributed by atoms with Gasteiger partial charge in [-0.05, 0) is 50.6 Å². The van der Waals surface area contributed by atoms with Crippen LogP contribution in [0.5, 0.6) is 0 Å². The van der Waals surface area contributed by atoms with Gasteiger partial charge < -0.3 is 5.32 Å². The standard InChI is InChI=1S/C14H23ClN2O2S/c1-5-6-10(2)17-20(18,19)14-8-13(15)7-12(9-16-4)11(14)3/h7-8,10,16-17H,5-6,9H2,1-4H3. The average molecular weight is 319 g/mol. The van der Waals surface area contributed by atoms with Crippen LogP contribution in [-0.4, -0.2) is 21.5 Å². The fourth-order valence-corrected chi connectivity index (χ4v) is 4.08.